The van der Waals surface area contributed by atoms with Crippen LogP contribution in [0, 0.1) is 11.6 Å². The molecule has 0 saturated carbocycles. The Morgan fingerprint density at radius 2 is 2.00 bits per heavy atom. The number of hydrogen-bond donors (Lipinski definition) is 2. The van der Waals surface area contributed by atoms with E-state index in [1.54, 1.807) is 0 Å². The van der Waals surface area contributed by atoms with Crippen LogP contribution in [0.25, 0.3) is 0 Å². The van der Waals surface area contributed by atoms with Crippen LogP contribution in [0.15, 0.2) is 28.8 Å². The summed E-state index contributed by atoms with van der Waals surface area (Å²) in [6.07, 6.45) is 0. The highest BCUT2D eigenvalue weighted by Gasteiger charge is 2.16. The molecule has 1 aromatic heterocycles. The molecule has 1 heterocycles. The Morgan fingerprint density at radius 3 is 2.60 bits per heavy atom. The molecule has 0 aliphatic rings. The molecular formula is C12H8F2N2O4. The summed E-state index contributed by atoms with van der Waals surface area (Å²) in [5.41, 5.74) is 0.129. The Morgan fingerprint density at radius 1 is 1.25 bits per heavy atom. The van der Waals surface area contributed by atoms with Crippen molar-refractivity contribution in [1.82, 2.24) is 10.5 Å². The van der Waals surface area contributed by atoms with Crippen LogP contribution in [0.1, 0.15) is 26.6 Å². The number of amides is 1. The first-order valence-corrected chi connectivity index (χ1v) is 5.39. The Kier molecular flexibility index (Phi) is 3.74. The molecular weight excluding hydrogens is 274 g/mol. The molecule has 104 valence electrons. The van der Waals surface area contributed by atoms with Crippen molar-refractivity contribution in [2.24, 2.45) is 0 Å². The maximum atomic E-state index is 12.9. The van der Waals surface area contributed by atoms with Gasteiger partial charge in [-0.2, -0.15) is 0 Å². The molecule has 1 amide bonds. The standard InChI is InChI=1S/C12H8F2N2O4/c13-7-2-1-6(3-8(7)14)5-15-11(17)9-4-10(12(18)19)20-16-9/h1-4H,5H2,(H,15,17)(H,18,19). The summed E-state index contributed by atoms with van der Waals surface area (Å²) >= 11 is 0. The number of carbonyl (C=O) groups is 2. The van der Waals surface area contributed by atoms with Crippen molar-refractivity contribution in [2.75, 3.05) is 0 Å². The third-order valence-corrected chi connectivity index (χ3v) is 2.39. The van der Waals surface area contributed by atoms with E-state index in [1.165, 1.54) is 6.07 Å². The number of hydrogen-bond acceptors (Lipinski definition) is 4. The van der Waals surface area contributed by atoms with Gasteiger partial charge in [0.05, 0.1) is 0 Å². The molecule has 2 aromatic rings. The molecule has 0 aliphatic carbocycles. The van der Waals surface area contributed by atoms with Crippen molar-refractivity contribution in [3.8, 4) is 0 Å². The van der Waals surface area contributed by atoms with Crippen molar-refractivity contribution in [3.63, 3.8) is 0 Å². The van der Waals surface area contributed by atoms with Gasteiger partial charge < -0.3 is 14.9 Å². The average molecular weight is 282 g/mol. The number of benzene rings is 1. The van der Waals surface area contributed by atoms with Gasteiger partial charge in [-0.1, -0.05) is 11.2 Å². The van der Waals surface area contributed by atoms with E-state index in [2.05, 4.69) is 15.0 Å². The van der Waals surface area contributed by atoms with Gasteiger partial charge in [0.2, 0.25) is 5.76 Å². The highest BCUT2D eigenvalue weighted by molar-refractivity contribution is 5.94. The van der Waals surface area contributed by atoms with Crippen LogP contribution in [-0.4, -0.2) is 22.1 Å². The fourth-order valence-electron chi connectivity index (χ4n) is 1.41. The van der Waals surface area contributed by atoms with Crippen LogP contribution >= 0.6 is 0 Å². The second-order valence-corrected chi connectivity index (χ2v) is 3.81. The molecule has 1 aromatic carbocycles. The van der Waals surface area contributed by atoms with Crippen LogP contribution in [0.2, 0.25) is 0 Å². The van der Waals surface area contributed by atoms with Crippen molar-refractivity contribution >= 4 is 11.9 Å². The van der Waals surface area contributed by atoms with Crippen LogP contribution in [-0.2, 0) is 6.54 Å². The predicted octanol–water partition coefficient (Wildman–Crippen LogP) is 1.58. The molecule has 0 spiro atoms. The van der Waals surface area contributed by atoms with Gasteiger partial charge in [-0.15, -0.1) is 0 Å². The number of nitrogens with one attached hydrogen (secondary N) is 1. The fourth-order valence-corrected chi connectivity index (χ4v) is 1.41. The van der Waals surface area contributed by atoms with Crippen LogP contribution < -0.4 is 5.32 Å². The van der Waals surface area contributed by atoms with E-state index < -0.39 is 29.3 Å². The maximum Gasteiger partial charge on any atom is 0.374 e. The zero-order valence-electron chi connectivity index (χ0n) is 9.89. The lowest BCUT2D eigenvalue weighted by Gasteiger charge is -2.03. The number of halogens is 2. The number of nitrogens with zero attached hydrogens (tertiary/aromatic N) is 1. The molecule has 6 nitrogen and oxygen atoms in total. The van der Waals surface area contributed by atoms with Gasteiger partial charge >= 0.3 is 5.97 Å². The summed E-state index contributed by atoms with van der Waals surface area (Å²) < 4.78 is 30.1. The molecule has 8 heteroatoms. The van der Waals surface area contributed by atoms with Crippen molar-refractivity contribution in [3.05, 3.63) is 52.9 Å². The van der Waals surface area contributed by atoms with Gasteiger partial charge in [0.15, 0.2) is 17.3 Å². The monoisotopic (exact) mass is 282 g/mol. The number of aromatic nitrogens is 1. The van der Waals surface area contributed by atoms with Crippen LogP contribution in [0.5, 0.6) is 0 Å². The largest absolute Gasteiger partial charge is 0.475 e. The SMILES string of the molecule is O=C(NCc1ccc(F)c(F)c1)c1cc(C(=O)O)on1. The average Bonchev–Trinajstić information content (AvgIpc) is 2.89. The van der Waals surface area contributed by atoms with E-state index in [0.29, 0.717) is 5.56 Å². The summed E-state index contributed by atoms with van der Waals surface area (Å²) in [6, 6.07) is 4.16. The van der Waals surface area contributed by atoms with Gasteiger partial charge in [-0.25, -0.2) is 13.6 Å². The van der Waals surface area contributed by atoms with E-state index >= 15 is 0 Å². The molecule has 20 heavy (non-hydrogen) atoms. The smallest absolute Gasteiger partial charge is 0.374 e. The lowest BCUT2D eigenvalue weighted by molar-refractivity contribution is 0.0651. The van der Waals surface area contributed by atoms with Gasteiger partial charge in [0.25, 0.3) is 5.91 Å². The normalized spacial score (nSPS) is 10.3. The molecule has 0 bridgehead atoms. The first-order valence-electron chi connectivity index (χ1n) is 5.39. The predicted molar refractivity (Wildman–Crippen MR) is 61.0 cm³/mol. The minimum atomic E-state index is -1.35. The lowest BCUT2D eigenvalue weighted by atomic mass is 10.2. The van der Waals surface area contributed by atoms with E-state index in [-0.39, 0.29) is 12.2 Å². The molecule has 2 rings (SSSR count). The summed E-state index contributed by atoms with van der Waals surface area (Å²) in [7, 11) is 0. The van der Waals surface area contributed by atoms with Gasteiger partial charge in [0.1, 0.15) is 0 Å². The van der Waals surface area contributed by atoms with E-state index in [1.807, 2.05) is 0 Å². The number of carboxylic acids is 1. The number of carboxylic acid groups (broad SMARTS) is 1. The Bertz CT molecular complexity index is 669. The summed E-state index contributed by atoms with van der Waals surface area (Å²) in [4.78, 5) is 22.2. The number of aromatic carboxylic acids is 1. The van der Waals surface area contributed by atoms with E-state index in [4.69, 9.17) is 5.11 Å². The van der Waals surface area contributed by atoms with Gasteiger partial charge in [0, 0.05) is 12.6 Å². The second kappa shape index (κ2) is 5.47. The summed E-state index contributed by atoms with van der Waals surface area (Å²) in [5, 5.41) is 14.3. The Balaban J connectivity index is 2.00. The topological polar surface area (TPSA) is 92.4 Å². The molecule has 0 aliphatic heterocycles. The highest BCUT2D eigenvalue weighted by Crippen LogP contribution is 2.09. The summed E-state index contributed by atoms with van der Waals surface area (Å²) in [5.74, 6) is -4.51. The third kappa shape index (κ3) is 2.97. The number of carbonyl (C=O) groups excluding carboxylic acids is 1. The first kappa shape index (κ1) is 13.7. The Hall–Kier alpha value is -2.77. The second-order valence-electron chi connectivity index (χ2n) is 3.81. The zero-order valence-corrected chi connectivity index (χ0v) is 9.89. The van der Waals surface area contributed by atoms with Crippen molar-refractivity contribution < 1.29 is 28.0 Å². The zero-order chi connectivity index (χ0) is 14.7. The first-order chi connectivity index (χ1) is 9.47. The molecule has 0 radical (unpaired) electrons. The van der Waals surface area contributed by atoms with E-state index in [0.717, 1.165) is 18.2 Å². The minimum absolute atomic E-state index is 0.0642. The molecule has 2 N–H and O–H groups in total. The molecule has 0 atom stereocenters. The van der Waals surface area contributed by atoms with Crippen molar-refractivity contribution in [2.45, 2.75) is 6.54 Å². The van der Waals surface area contributed by atoms with Crippen LogP contribution in [0.3, 0.4) is 0 Å². The van der Waals surface area contributed by atoms with E-state index in [9.17, 15) is 18.4 Å². The highest BCUT2D eigenvalue weighted by atomic mass is 19.2. The number of rotatable bonds is 4. The van der Waals surface area contributed by atoms with Gasteiger partial charge in [-0.3, -0.25) is 4.79 Å². The van der Waals surface area contributed by atoms with Gasteiger partial charge in [-0.05, 0) is 17.7 Å². The molecule has 0 saturated heterocycles. The maximum absolute atomic E-state index is 12.9. The quantitative estimate of drug-likeness (QED) is 0.888. The Labute approximate surface area is 111 Å². The molecule has 0 unspecified atom stereocenters. The van der Waals surface area contributed by atoms with Crippen molar-refractivity contribution in [1.29, 1.82) is 0 Å². The fraction of sp³-hybridized carbons (Fsp3) is 0.0833. The minimum Gasteiger partial charge on any atom is -0.475 e. The van der Waals surface area contributed by atoms with Crippen LogP contribution in [0.4, 0.5) is 8.78 Å². The molecule has 0 fully saturated rings. The summed E-state index contributed by atoms with van der Waals surface area (Å²) in [6.45, 7) is -0.0642. The third-order valence-electron chi connectivity index (χ3n) is 2.39. The lowest BCUT2D eigenvalue weighted by Crippen LogP contribution is -2.23.